The Balaban J connectivity index is 3.52. The minimum absolute atomic E-state index is 0.00630. The first-order valence-corrected chi connectivity index (χ1v) is 4.51. The third kappa shape index (κ3) is 1.98. The highest BCUT2D eigenvalue weighted by atomic mass is 79.9. The molecular weight excluding hydrogens is 273 g/mol. The number of aromatic carboxylic acids is 1. The van der Waals surface area contributed by atoms with Gasteiger partial charge in [0, 0.05) is 9.38 Å². The summed E-state index contributed by atoms with van der Waals surface area (Å²) in [5.41, 5.74) is 7.98. The molecule has 0 aliphatic rings. The average molecular weight is 276 g/mol. The predicted molar refractivity (Wildman–Crippen MR) is 54.9 cm³/mol. The van der Waals surface area contributed by atoms with E-state index in [1.54, 1.807) is 0 Å². The van der Waals surface area contributed by atoms with E-state index in [1.165, 1.54) is 12.1 Å². The summed E-state index contributed by atoms with van der Waals surface area (Å²) in [6, 6.07) is 2.89. The van der Waals surface area contributed by atoms with Crippen molar-refractivity contribution in [1.29, 1.82) is 0 Å². The molecule has 1 aromatic rings. The zero-order valence-corrected chi connectivity index (χ0v) is 8.95. The van der Waals surface area contributed by atoms with Crippen LogP contribution in [0.25, 0.3) is 10.4 Å². The van der Waals surface area contributed by atoms with Crippen LogP contribution >= 0.6 is 27.5 Å². The Morgan fingerprint density at radius 1 is 1.64 bits per heavy atom. The molecule has 72 valence electrons. The molecule has 0 amide bonds. The molecule has 0 saturated heterocycles. The summed E-state index contributed by atoms with van der Waals surface area (Å²) in [6.45, 7) is 0. The van der Waals surface area contributed by atoms with E-state index < -0.39 is 5.97 Å². The smallest absolute Gasteiger partial charge is 0.337 e. The maximum absolute atomic E-state index is 10.8. The Labute approximate surface area is 92.1 Å². The minimum Gasteiger partial charge on any atom is -0.478 e. The Morgan fingerprint density at radius 3 is 2.79 bits per heavy atom. The van der Waals surface area contributed by atoms with E-state index >= 15 is 0 Å². The van der Waals surface area contributed by atoms with Crippen LogP contribution in [0.4, 0.5) is 5.69 Å². The van der Waals surface area contributed by atoms with Crippen LogP contribution in [0, 0.1) is 0 Å². The van der Waals surface area contributed by atoms with Crippen molar-refractivity contribution in [3.05, 3.63) is 37.6 Å². The largest absolute Gasteiger partial charge is 0.478 e. The van der Waals surface area contributed by atoms with Crippen molar-refractivity contribution in [3.8, 4) is 0 Å². The minimum atomic E-state index is -1.24. The lowest BCUT2D eigenvalue weighted by molar-refractivity contribution is 0.0698. The van der Waals surface area contributed by atoms with Crippen LogP contribution in [0.3, 0.4) is 0 Å². The van der Waals surface area contributed by atoms with Crippen LogP contribution in [0.5, 0.6) is 0 Å². The normalized spacial score (nSPS) is 9.29. The number of carboxylic acid groups (broad SMARTS) is 1. The van der Waals surface area contributed by atoms with Gasteiger partial charge in [0.05, 0.1) is 16.3 Å². The first-order chi connectivity index (χ1) is 6.57. The number of azide groups is 1. The quantitative estimate of drug-likeness (QED) is 0.506. The molecule has 5 nitrogen and oxygen atoms in total. The molecule has 7 heteroatoms. The summed E-state index contributed by atoms with van der Waals surface area (Å²) in [5, 5.41) is 12.0. The fourth-order valence-corrected chi connectivity index (χ4v) is 1.45. The average Bonchev–Trinajstić information content (AvgIpc) is 2.11. The number of hydrogen-bond acceptors (Lipinski definition) is 2. The number of carbonyl (C=O) groups is 1. The highest BCUT2D eigenvalue weighted by Crippen LogP contribution is 2.33. The Morgan fingerprint density at radius 2 is 2.29 bits per heavy atom. The van der Waals surface area contributed by atoms with Gasteiger partial charge in [-0.05, 0) is 27.5 Å². The van der Waals surface area contributed by atoms with E-state index in [0.717, 1.165) is 0 Å². The summed E-state index contributed by atoms with van der Waals surface area (Å²) < 4.78 is 0.438. The summed E-state index contributed by atoms with van der Waals surface area (Å²) in [7, 11) is 0. The van der Waals surface area contributed by atoms with Gasteiger partial charge in [-0.1, -0.05) is 22.8 Å². The number of nitrogens with zero attached hydrogens (tertiary/aromatic N) is 3. The standard InChI is InChI=1S/C7H3BrClN3O2/c8-3-1-2-4(11-12-10)5(6(3)9)7(13)14/h1-2H,(H,13,14). The summed E-state index contributed by atoms with van der Waals surface area (Å²) in [4.78, 5) is 13.3. The van der Waals surface area contributed by atoms with E-state index in [2.05, 4.69) is 26.0 Å². The van der Waals surface area contributed by atoms with Crippen molar-refractivity contribution in [2.24, 2.45) is 5.11 Å². The van der Waals surface area contributed by atoms with Crippen LogP contribution in [0.15, 0.2) is 21.7 Å². The molecule has 0 unspecified atom stereocenters. The molecule has 0 aliphatic carbocycles. The fraction of sp³-hybridized carbons (Fsp3) is 0. The van der Waals surface area contributed by atoms with Crippen molar-refractivity contribution in [1.82, 2.24) is 0 Å². The molecule has 0 heterocycles. The first-order valence-electron chi connectivity index (χ1n) is 3.34. The van der Waals surface area contributed by atoms with Gasteiger partial charge in [0.15, 0.2) is 0 Å². The van der Waals surface area contributed by atoms with E-state index in [1.807, 2.05) is 0 Å². The van der Waals surface area contributed by atoms with Gasteiger partial charge in [-0.25, -0.2) is 4.79 Å². The van der Waals surface area contributed by atoms with Crippen LogP contribution < -0.4 is 0 Å². The van der Waals surface area contributed by atoms with Gasteiger partial charge in [-0.15, -0.1) is 0 Å². The van der Waals surface area contributed by atoms with Gasteiger partial charge in [0.2, 0.25) is 0 Å². The number of carboxylic acids is 1. The molecule has 0 aliphatic heterocycles. The first kappa shape index (κ1) is 10.8. The van der Waals surface area contributed by atoms with Crippen molar-refractivity contribution in [2.45, 2.75) is 0 Å². The molecule has 0 bridgehead atoms. The Kier molecular flexibility index (Phi) is 3.35. The zero-order valence-electron chi connectivity index (χ0n) is 6.61. The third-order valence-electron chi connectivity index (χ3n) is 1.44. The second-order valence-corrected chi connectivity index (χ2v) is 3.48. The molecule has 0 aromatic heterocycles. The van der Waals surface area contributed by atoms with E-state index in [4.69, 9.17) is 22.2 Å². The topological polar surface area (TPSA) is 86.1 Å². The van der Waals surface area contributed by atoms with Crippen molar-refractivity contribution in [3.63, 3.8) is 0 Å². The Hall–Kier alpha value is -1.23. The van der Waals surface area contributed by atoms with Crippen molar-refractivity contribution in [2.75, 3.05) is 0 Å². The number of rotatable bonds is 2. The van der Waals surface area contributed by atoms with Crippen LogP contribution in [0.1, 0.15) is 10.4 Å². The maximum Gasteiger partial charge on any atom is 0.337 e. The summed E-state index contributed by atoms with van der Waals surface area (Å²) in [5.74, 6) is -1.24. The zero-order chi connectivity index (χ0) is 10.7. The Bertz CT molecular complexity index is 443. The monoisotopic (exact) mass is 275 g/mol. The molecule has 1 N–H and O–H groups in total. The molecule has 0 atom stereocenters. The molecule has 0 fully saturated rings. The third-order valence-corrected chi connectivity index (χ3v) is 2.72. The molecule has 14 heavy (non-hydrogen) atoms. The lowest BCUT2D eigenvalue weighted by Crippen LogP contribution is -1.98. The second kappa shape index (κ2) is 4.32. The van der Waals surface area contributed by atoms with Crippen LogP contribution in [-0.4, -0.2) is 11.1 Å². The van der Waals surface area contributed by atoms with Gasteiger partial charge in [-0.3, -0.25) is 0 Å². The number of hydrogen-bond donors (Lipinski definition) is 1. The second-order valence-electron chi connectivity index (χ2n) is 2.25. The molecule has 1 rings (SSSR count). The molecule has 0 spiro atoms. The van der Waals surface area contributed by atoms with Crippen LogP contribution in [0.2, 0.25) is 5.02 Å². The van der Waals surface area contributed by atoms with E-state index in [9.17, 15) is 4.79 Å². The van der Waals surface area contributed by atoms with Gasteiger partial charge in [0.1, 0.15) is 0 Å². The lowest BCUT2D eigenvalue weighted by Gasteiger charge is -2.03. The van der Waals surface area contributed by atoms with Crippen LogP contribution in [-0.2, 0) is 0 Å². The molecule has 0 saturated carbocycles. The summed E-state index contributed by atoms with van der Waals surface area (Å²) >= 11 is 8.79. The van der Waals surface area contributed by atoms with Crippen molar-refractivity contribution < 1.29 is 9.90 Å². The maximum atomic E-state index is 10.8. The molecule has 1 aromatic carbocycles. The molecule has 0 radical (unpaired) electrons. The van der Waals surface area contributed by atoms with Gasteiger partial charge >= 0.3 is 5.97 Å². The SMILES string of the molecule is [N-]=[N+]=Nc1ccc(Br)c(Cl)c1C(=O)O. The van der Waals surface area contributed by atoms with E-state index in [0.29, 0.717) is 4.47 Å². The van der Waals surface area contributed by atoms with Crippen molar-refractivity contribution >= 4 is 39.2 Å². The van der Waals surface area contributed by atoms with Gasteiger partial charge in [-0.2, -0.15) is 0 Å². The summed E-state index contributed by atoms with van der Waals surface area (Å²) in [6.07, 6.45) is 0. The molecular formula is C7H3BrClN3O2. The lowest BCUT2D eigenvalue weighted by atomic mass is 10.2. The van der Waals surface area contributed by atoms with Gasteiger partial charge < -0.3 is 5.11 Å². The van der Waals surface area contributed by atoms with Gasteiger partial charge in [0.25, 0.3) is 0 Å². The highest BCUT2D eigenvalue weighted by molar-refractivity contribution is 9.10. The predicted octanol–water partition coefficient (Wildman–Crippen LogP) is 3.74. The fourth-order valence-electron chi connectivity index (χ4n) is 0.875. The number of benzene rings is 1. The number of halogens is 2. The highest BCUT2D eigenvalue weighted by Gasteiger charge is 2.15. The van der Waals surface area contributed by atoms with E-state index in [-0.39, 0.29) is 16.3 Å².